The average Bonchev–Trinajstić information content (AvgIpc) is 2.31. The molecule has 0 aliphatic heterocycles. The molecule has 0 unspecified atom stereocenters. The molecule has 0 saturated heterocycles. The van der Waals surface area contributed by atoms with E-state index in [9.17, 15) is 9.59 Å². The van der Waals surface area contributed by atoms with Crippen molar-refractivity contribution in [1.29, 1.82) is 0 Å². The zero-order valence-electron chi connectivity index (χ0n) is 11.5. The molecule has 0 amide bonds. The summed E-state index contributed by atoms with van der Waals surface area (Å²) in [6, 6.07) is 1.46. The van der Waals surface area contributed by atoms with E-state index in [4.69, 9.17) is 0 Å². The van der Waals surface area contributed by atoms with Crippen LogP contribution >= 0.6 is 0 Å². The summed E-state index contributed by atoms with van der Waals surface area (Å²) in [5, 5.41) is 0. The molecule has 5 heteroatoms. The first-order chi connectivity index (χ1) is 8.58. The Morgan fingerprint density at radius 3 is 2.56 bits per heavy atom. The zero-order valence-corrected chi connectivity index (χ0v) is 11.5. The van der Waals surface area contributed by atoms with Crippen LogP contribution in [0.15, 0.2) is 15.7 Å². The summed E-state index contributed by atoms with van der Waals surface area (Å²) in [7, 11) is 0. The van der Waals surface area contributed by atoms with E-state index in [0.29, 0.717) is 12.2 Å². The Morgan fingerprint density at radius 2 is 2.00 bits per heavy atom. The normalized spacial score (nSPS) is 11.1. The van der Waals surface area contributed by atoms with E-state index in [2.05, 4.69) is 23.7 Å². The number of aromatic nitrogens is 2. The van der Waals surface area contributed by atoms with Crippen molar-refractivity contribution in [2.24, 2.45) is 0 Å². The molecule has 1 heterocycles. The second-order valence-corrected chi connectivity index (χ2v) is 4.54. The van der Waals surface area contributed by atoms with Crippen LogP contribution in [0.3, 0.4) is 0 Å². The molecule has 0 aliphatic rings. The average molecular weight is 253 g/mol. The zero-order chi connectivity index (χ0) is 13.5. The second-order valence-electron chi connectivity index (χ2n) is 4.54. The van der Waals surface area contributed by atoms with E-state index in [-0.39, 0.29) is 11.2 Å². The van der Waals surface area contributed by atoms with Crippen molar-refractivity contribution in [3.05, 3.63) is 32.6 Å². The van der Waals surface area contributed by atoms with Gasteiger partial charge in [-0.15, -0.1) is 0 Å². The third-order valence-electron chi connectivity index (χ3n) is 3.07. The summed E-state index contributed by atoms with van der Waals surface area (Å²) < 4.78 is 1.27. The second kappa shape index (κ2) is 7.16. The SMILES string of the molecule is CCCCN(CC)CCn1c(=O)cc(C)[nH]c1=O. The molecule has 5 nitrogen and oxygen atoms in total. The number of rotatable bonds is 7. The van der Waals surface area contributed by atoms with Gasteiger partial charge in [-0.3, -0.25) is 9.36 Å². The fourth-order valence-electron chi connectivity index (χ4n) is 1.90. The Hall–Kier alpha value is -1.36. The molecular formula is C13H23N3O2. The molecule has 0 atom stereocenters. The smallest absolute Gasteiger partial charge is 0.311 e. The van der Waals surface area contributed by atoms with E-state index in [1.54, 1.807) is 6.92 Å². The van der Waals surface area contributed by atoms with Gasteiger partial charge in [0.05, 0.1) is 0 Å². The molecular weight excluding hydrogens is 230 g/mol. The molecule has 1 aromatic rings. The van der Waals surface area contributed by atoms with Crippen molar-refractivity contribution in [3.63, 3.8) is 0 Å². The van der Waals surface area contributed by atoms with Crippen LogP contribution in [-0.4, -0.2) is 34.1 Å². The molecule has 0 aliphatic carbocycles. The van der Waals surface area contributed by atoms with Crippen molar-refractivity contribution < 1.29 is 0 Å². The molecule has 1 rings (SSSR count). The third kappa shape index (κ3) is 4.14. The van der Waals surface area contributed by atoms with Crippen LogP contribution in [-0.2, 0) is 6.54 Å². The minimum atomic E-state index is -0.313. The monoisotopic (exact) mass is 253 g/mol. The van der Waals surface area contributed by atoms with Gasteiger partial charge in [0, 0.05) is 24.8 Å². The van der Waals surface area contributed by atoms with E-state index < -0.39 is 0 Å². The fraction of sp³-hybridized carbons (Fsp3) is 0.692. The van der Waals surface area contributed by atoms with Gasteiger partial charge in [-0.25, -0.2) is 4.79 Å². The molecule has 18 heavy (non-hydrogen) atoms. The number of likely N-dealkylation sites (N-methyl/N-ethyl adjacent to an activating group) is 1. The fourth-order valence-corrected chi connectivity index (χ4v) is 1.90. The van der Waals surface area contributed by atoms with Gasteiger partial charge in [-0.2, -0.15) is 0 Å². The summed E-state index contributed by atoms with van der Waals surface area (Å²) in [6.07, 6.45) is 2.30. The topological polar surface area (TPSA) is 58.1 Å². The molecule has 0 saturated carbocycles. The van der Waals surface area contributed by atoms with Gasteiger partial charge in [0.15, 0.2) is 0 Å². The van der Waals surface area contributed by atoms with Gasteiger partial charge in [0.2, 0.25) is 0 Å². The van der Waals surface area contributed by atoms with Crippen LogP contribution in [0.25, 0.3) is 0 Å². The maximum atomic E-state index is 11.7. The number of nitrogens with one attached hydrogen (secondary N) is 1. The lowest BCUT2D eigenvalue weighted by molar-refractivity contribution is 0.269. The Balaban J connectivity index is 2.68. The van der Waals surface area contributed by atoms with E-state index in [1.807, 2.05) is 0 Å². The molecule has 0 spiro atoms. The highest BCUT2D eigenvalue weighted by Crippen LogP contribution is 1.94. The minimum absolute atomic E-state index is 0.220. The number of aryl methyl sites for hydroxylation is 1. The van der Waals surface area contributed by atoms with Gasteiger partial charge in [-0.1, -0.05) is 20.3 Å². The van der Waals surface area contributed by atoms with Gasteiger partial charge in [0.1, 0.15) is 0 Å². The van der Waals surface area contributed by atoms with E-state index in [0.717, 1.165) is 32.5 Å². The van der Waals surface area contributed by atoms with Crippen LogP contribution < -0.4 is 11.2 Å². The number of nitrogens with zero attached hydrogens (tertiary/aromatic N) is 2. The highest BCUT2D eigenvalue weighted by atomic mass is 16.2. The molecule has 102 valence electrons. The van der Waals surface area contributed by atoms with E-state index in [1.165, 1.54) is 10.6 Å². The van der Waals surface area contributed by atoms with Crippen LogP contribution in [0.4, 0.5) is 0 Å². The highest BCUT2D eigenvalue weighted by molar-refractivity contribution is 4.96. The maximum absolute atomic E-state index is 11.7. The molecule has 0 fully saturated rings. The molecule has 0 bridgehead atoms. The molecule has 0 aromatic carbocycles. The first-order valence-electron chi connectivity index (χ1n) is 6.61. The van der Waals surface area contributed by atoms with E-state index >= 15 is 0 Å². The van der Waals surface area contributed by atoms with Crippen LogP contribution in [0, 0.1) is 6.92 Å². The standard InChI is InChI=1S/C13H23N3O2/c1-4-6-7-15(5-2)8-9-16-12(17)10-11(3)14-13(16)18/h10H,4-9H2,1-3H3,(H,14,18). The molecule has 1 N–H and O–H groups in total. The predicted molar refractivity (Wildman–Crippen MR) is 73.1 cm³/mol. The lowest BCUT2D eigenvalue weighted by atomic mass is 10.3. The number of H-pyrrole nitrogens is 1. The summed E-state index contributed by atoms with van der Waals surface area (Å²) in [4.78, 5) is 28.3. The van der Waals surface area contributed by atoms with Gasteiger partial charge < -0.3 is 9.88 Å². The predicted octanol–water partition coefficient (Wildman–Crippen LogP) is 0.967. The Bertz CT molecular complexity index is 445. The number of hydrogen-bond donors (Lipinski definition) is 1. The maximum Gasteiger partial charge on any atom is 0.328 e. The first-order valence-corrected chi connectivity index (χ1v) is 6.61. The highest BCUT2D eigenvalue weighted by Gasteiger charge is 2.05. The Labute approximate surface area is 107 Å². The summed E-state index contributed by atoms with van der Waals surface area (Å²) in [5.41, 5.74) is 0.0777. The lowest BCUT2D eigenvalue weighted by Gasteiger charge is -2.20. The van der Waals surface area contributed by atoms with Gasteiger partial charge >= 0.3 is 5.69 Å². The number of aromatic amines is 1. The van der Waals surface area contributed by atoms with Gasteiger partial charge in [-0.05, 0) is 26.4 Å². The molecule has 0 radical (unpaired) electrons. The Kier molecular flexibility index (Phi) is 5.85. The quantitative estimate of drug-likeness (QED) is 0.787. The van der Waals surface area contributed by atoms with Crippen LogP contribution in [0.2, 0.25) is 0 Å². The Morgan fingerprint density at radius 1 is 1.28 bits per heavy atom. The number of hydrogen-bond acceptors (Lipinski definition) is 3. The lowest BCUT2D eigenvalue weighted by Crippen LogP contribution is -2.39. The van der Waals surface area contributed by atoms with Crippen LogP contribution in [0.1, 0.15) is 32.4 Å². The minimum Gasteiger partial charge on any atom is -0.311 e. The molecule has 1 aromatic heterocycles. The largest absolute Gasteiger partial charge is 0.328 e. The van der Waals surface area contributed by atoms with Gasteiger partial charge in [0.25, 0.3) is 5.56 Å². The summed E-state index contributed by atoms with van der Waals surface area (Å²) in [6.45, 7) is 9.12. The summed E-state index contributed by atoms with van der Waals surface area (Å²) in [5.74, 6) is 0. The van der Waals surface area contributed by atoms with Crippen molar-refractivity contribution in [1.82, 2.24) is 14.5 Å². The first kappa shape index (κ1) is 14.7. The summed E-state index contributed by atoms with van der Waals surface area (Å²) >= 11 is 0. The van der Waals surface area contributed by atoms with Crippen molar-refractivity contribution >= 4 is 0 Å². The number of unbranched alkanes of at least 4 members (excludes halogenated alkanes) is 1. The third-order valence-corrected chi connectivity index (χ3v) is 3.07. The van der Waals surface area contributed by atoms with Crippen LogP contribution in [0.5, 0.6) is 0 Å². The van der Waals surface area contributed by atoms with Crippen molar-refractivity contribution in [3.8, 4) is 0 Å². The van der Waals surface area contributed by atoms with Crippen molar-refractivity contribution in [2.45, 2.75) is 40.2 Å². The van der Waals surface area contributed by atoms with Crippen molar-refractivity contribution in [2.75, 3.05) is 19.6 Å².